The van der Waals surface area contributed by atoms with Crippen LogP contribution in [0.3, 0.4) is 0 Å². The minimum atomic E-state index is -0.625. The van der Waals surface area contributed by atoms with Crippen LogP contribution in [-0.4, -0.2) is 27.2 Å². The number of nitrogens with one attached hydrogen (secondary N) is 1. The quantitative estimate of drug-likeness (QED) is 0.609. The number of nitrogens with two attached hydrogens (primary N) is 1. The molecule has 1 heterocycles. The number of nitrogens with zero attached hydrogens (tertiary/aromatic N) is 3. The topological polar surface area (TPSA) is 116 Å². The van der Waals surface area contributed by atoms with E-state index in [0.29, 0.717) is 13.0 Å². The number of carbonyl (C=O) groups is 1. The summed E-state index contributed by atoms with van der Waals surface area (Å²) in [5, 5.41) is 18.0. The summed E-state index contributed by atoms with van der Waals surface area (Å²) in [5.74, 6) is -0.625. The summed E-state index contributed by atoms with van der Waals surface area (Å²) in [7, 11) is 1.82. The van der Waals surface area contributed by atoms with Crippen LogP contribution < -0.4 is 11.1 Å². The molecule has 110 valence electrons. The Morgan fingerprint density at radius 1 is 1.52 bits per heavy atom. The molecule has 0 aliphatic carbocycles. The third-order valence-corrected chi connectivity index (χ3v) is 2.97. The summed E-state index contributed by atoms with van der Waals surface area (Å²) in [5.41, 5.74) is 6.61. The van der Waals surface area contributed by atoms with Crippen LogP contribution in [-0.2, 0) is 13.5 Å². The smallest absolute Gasteiger partial charge is 0.292 e. The van der Waals surface area contributed by atoms with Gasteiger partial charge in [0.15, 0.2) is 0 Å². The number of aryl methyl sites for hydroxylation is 1. The molecule has 0 aliphatic heterocycles. The Hall–Kier alpha value is -2.90. The van der Waals surface area contributed by atoms with Crippen molar-refractivity contribution in [3.8, 4) is 0 Å². The largest absolute Gasteiger partial charge is 0.379 e. The first kappa shape index (κ1) is 14.5. The zero-order valence-electron chi connectivity index (χ0n) is 11.4. The van der Waals surface area contributed by atoms with Crippen molar-refractivity contribution in [1.29, 1.82) is 0 Å². The normalized spacial score (nSPS) is 10.3. The van der Waals surface area contributed by atoms with Crippen LogP contribution in [0.1, 0.15) is 15.9 Å². The maximum Gasteiger partial charge on any atom is 0.292 e. The fourth-order valence-electron chi connectivity index (χ4n) is 1.93. The number of nitro groups is 1. The second-order valence-corrected chi connectivity index (χ2v) is 4.55. The fraction of sp³-hybridized carbons (Fsp3) is 0.231. The first-order valence-electron chi connectivity index (χ1n) is 6.27. The van der Waals surface area contributed by atoms with E-state index in [2.05, 4.69) is 10.4 Å². The molecule has 0 saturated carbocycles. The molecule has 0 radical (unpaired) electrons. The van der Waals surface area contributed by atoms with E-state index < -0.39 is 10.8 Å². The van der Waals surface area contributed by atoms with Gasteiger partial charge in [-0.15, -0.1) is 0 Å². The molecule has 8 nitrogen and oxygen atoms in total. The monoisotopic (exact) mass is 289 g/mol. The molecule has 3 N–H and O–H groups in total. The van der Waals surface area contributed by atoms with E-state index in [4.69, 9.17) is 5.73 Å². The van der Waals surface area contributed by atoms with Gasteiger partial charge < -0.3 is 11.1 Å². The van der Waals surface area contributed by atoms with Crippen LogP contribution in [0.25, 0.3) is 0 Å². The van der Waals surface area contributed by atoms with Gasteiger partial charge in [-0.3, -0.25) is 19.6 Å². The lowest BCUT2D eigenvalue weighted by molar-refractivity contribution is -0.384. The molecule has 0 unspecified atom stereocenters. The number of aromatic nitrogens is 2. The summed E-state index contributed by atoms with van der Waals surface area (Å²) in [6, 6.07) is 4.00. The third-order valence-electron chi connectivity index (χ3n) is 2.97. The summed E-state index contributed by atoms with van der Waals surface area (Å²) in [4.78, 5) is 21.6. The van der Waals surface area contributed by atoms with E-state index in [-0.39, 0.29) is 16.9 Å². The molecule has 0 spiro atoms. The number of hydrogen-bond donors (Lipinski definition) is 2. The van der Waals surface area contributed by atoms with Gasteiger partial charge in [0.1, 0.15) is 5.69 Å². The predicted molar refractivity (Wildman–Crippen MR) is 77.0 cm³/mol. The van der Waals surface area contributed by atoms with Crippen molar-refractivity contribution in [2.45, 2.75) is 6.42 Å². The molecule has 0 aliphatic rings. The zero-order valence-corrected chi connectivity index (χ0v) is 11.4. The molecule has 2 rings (SSSR count). The predicted octanol–water partition coefficient (Wildman–Crippen LogP) is 1.08. The lowest BCUT2D eigenvalue weighted by atomic mass is 10.1. The SMILES string of the molecule is Cn1cc(CCNc2cc(C(N)=O)ccc2[N+](=O)[O-])cn1. The number of anilines is 1. The van der Waals surface area contributed by atoms with Crippen molar-refractivity contribution in [1.82, 2.24) is 9.78 Å². The highest BCUT2D eigenvalue weighted by Crippen LogP contribution is 2.25. The van der Waals surface area contributed by atoms with Crippen LogP contribution in [0, 0.1) is 10.1 Å². The Bertz CT molecular complexity index is 680. The summed E-state index contributed by atoms with van der Waals surface area (Å²) >= 11 is 0. The van der Waals surface area contributed by atoms with E-state index in [9.17, 15) is 14.9 Å². The average molecular weight is 289 g/mol. The third kappa shape index (κ3) is 3.56. The molecule has 1 aromatic heterocycles. The number of hydrogen-bond acceptors (Lipinski definition) is 5. The number of rotatable bonds is 6. The Balaban J connectivity index is 2.11. The molecule has 0 fully saturated rings. The van der Waals surface area contributed by atoms with Crippen LogP contribution >= 0.6 is 0 Å². The summed E-state index contributed by atoms with van der Waals surface area (Å²) in [6.07, 6.45) is 4.26. The highest BCUT2D eigenvalue weighted by atomic mass is 16.6. The van der Waals surface area contributed by atoms with Gasteiger partial charge in [-0.25, -0.2) is 0 Å². The van der Waals surface area contributed by atoms with E-state index in [1.54, 1.807) is 10.9 Å². The van der Waals surface area contributed by atoms with Crippen molar-refractivity contribution in [3.63, 3.8) is 0 Å². The molecule has 0 bridgehead atoms. The van der Waals surface area contributed by atoms with Crippen LogP contribution in [0.5, 0.6) is 0 Å². The average Bonchev–Trinajstić information content (AvgIpc) is 2.84. The van der Waals surface area contributed by atoms with Gasteiger partial charge in [0.2, 0.25) is 5.91 Å². The Morgan fingerprint density at radius 2 is 2.29 bits per heavy atom. The molecule has 1 amide bonds. The molecule has 2 aromatic rings. The lowest BCUT2D eigenvalue weighted by Gasteiger charge is -2.07. The van der Waals surface area contributed by atoms with Gasteiger partial charge in [-0.2, -0.15) is 5.10 Å². The second kappa shape index (κ2) is 6.04. The molecular weight excluding hydrogens is 274 g/mol. The van der Waals surface area contributed by atoms with Gasteiger partial charge in [-0.05, 0) is 24.1 Å². The minimum absolute atomic E-state index is 0.0915. The standard InChI is InChI=1S/C13H15N5O3/c1-17-8-9(7-16-17)4-5-15-11-6-10(13(14)19)2-3-12(11)18(20)21/h2-3,6-8,15H,4-5H2,1H3,(H2,14,19). The van der Waals surface area contributed by atoms with E-state index in [1.807, 2.05) is 13.2 Å². The first-order chi connectivity index (χ1) is 9.97. The Labute approximate surface area is 120 Å². The maximum atomic E-state index is 11.1. The zero-order chi connectivity index (χ0) is 15.4. The highest BCUT2D eigenvalue weighted by molar-refractivity contribution is 5.94. The highest BCUT2D eigenvalue weighted by Gasteiger charge is 2.15. The minimum Gasteiger partial charge on any atom is -0.379 e. The Morgan fingerprint density at radius 3 is 2.86 bits per heavy atom. The van der Waals surface area contributed by atoms with Crippen molar-refractivity contribution in [2.24, 2.45) is 12.8 Å². The molecular formula is C13H15N5O3. The number of nitro benzene ring substituents is 1. The molecule has 1 aromatic carbocycles. The first-order valence-corrected chi connectivity index (χ1v) is 6.27. The van der Waals surface area contributed by atoms with Crippen molar-refractivity contribution in [3.05, 3.63) is 51.8 Å². The molecule has 0 atom stereocenters. The van der Waals surface area contributed by atoms with E-state index in [0.717, 1.165) is 5.56 Å². The van der Waals surface area contributed by atoms with Gasteiger partial charge in [0, 0.05) is 31.4 Å². The van der Waals surface area contributed by atoms with Crippen molar-refractivity contribution in [2.75, 3.05) is 11.9 Å². The van der Waals surface area contributed by atoms with Crippen LogP contribution in [0.2, 0.25) is 0 Å². The fourth-order valence-corrected chi connectivity index (χ4v) is 1.93. The second-order valence-electron chi connectivity index (χ2n) is 4.55. The van der Waals surface area contributed by atoms with Gasteiger partial charge in [0.05, 0.1) is 11.1 Å². The Kier molecular flexibility index (Phi) is 4.17. The molecule has 0 saturated heterocycles. The number of carbonyl (C=O) groups excluding carboxylic acids is 1. The van der Waals surface area contributed by atoms with Gasteiger partial charge in [0.25, 0.3) is 5.69 Å². The number of amides is 1. The summed E-state index contributed by atoms with van der Waals surface area (Å²) < 4.78 is 1.69. The summed E-state index contributed by atoms with van der Waals surface area (Å²) in [6.45, 7) is 0.481. The lowest BCUT2D eigenvalue weighted by Crippen LogP contribution is -2.13. The van der Waals surface area contributed by atoms with Gasteiger partial charge >= 0.3 is 0 Å². The van der Waals surface area contributed by atoms with E-state index >= 15 is 0 Å². The molecule has 8 heteroatoms. The van der Waals surface area contributed by atoms with Crippen molar-refractivity contribution >= 4 is 17.3 Å². The van der Waals surface area contributed by atoms with Crippen LogP contribution in [0.4, 0.5) is 11.4 Å². The number of primary amides is 1. The van der Waals surface area contributed by atoms with Gasteiger partial charge in [-0.1, -0.05) is 0 Å². The number of benzene rings is 1. The van der Waals surface area contributed by atoms with Crippen LogP contribution in [0.15, 0.2) is 30.6 Å². The maximum absolute atomic E-state index is 11.1. The molecule has 21 heavy (non-hydrogen) atoms. The van der Waals surface area contributed by atoms with E-state index in [1.165, 1.54) is 18.2 Å². The van der Waals surface area contributed by atoms with Crippen molar-refractivity contribution < 1.29 is 9.72 Å².